The molecule has 0 saturated carbocycles. The minimum Gasteiger partial charge on any atom is -0.344 e. The summed E-state index contributed by atoms with van der Waals surface area (Å²) >= 11 is 0. The first-order chi connectivity index (χ1) is 9.71. The number of fused-ring (bicyclic) bond motifs is 3. The Bertz CT molecular complexity index is 578. The monoisotopic (exact) mass is 270 g/mol. The molecule has 0 fully saturated rings. The molecular weight excluding hydrogens is 244 g/mol. The summed E-state index contributed by atoms with van der Waals surface area (Å²) in [5.41, 5.74) is 4.98. The van der Waals surface area contributed by atoms with Gasteiger partial charge in [-0.25, -0.2) is 0 Å². The minimum atomic E-state index is 0.325. The third-order valence-corrected chi connectivity index (χ3v) is 5.05. The van der Waals surface area contributed by atoms with E-state index in [2.05, 4.69) is 55.0 Å². The Morgan fingerprint density at radius 2 is 2.10 bits per heavy atom. The van der Waals surface area contributed by atoms with Gasteiger partial charge in [0.05, 0.1) is 0 Å². The molecule has 1 heterocycles. The Labute approximate surface area is 122 Å². The van der Waals surface area contributed by atoms with Gasteiger partial charge in [-0.15, -0.1) is 0 Å². The number of rotatable bonds is 4. The molecule has 0 bridgehead atoms. The van der Waals surface area contributed by atoms with Crippen molar-refractivity contribution in [3.05, 3.63) is 35.5 Å². The fraction of sp³-hybridized carbons (Fsp3) is 0.556. The predicted molar refractivity (Wildman–Crippen MR) is 86.4 cm³/mol. The van der Waals surface area contributed by atoms with E-state index in [4.69, 9.17) is 0 Å². The molecule has 1 atom stereocenters. The molecule has 0 radical (unpaired) electrons. The van der Waals surface area contributed by atoms with Gasteiger partial charge >= 0.3 is 0 Å². The number of nitrogens with one attached hydrogen (secondary N) is 1. The molecule has 1 aliphatic carbocycles. The zero-order valence-electron chi connectivity index (χ0n) is 13.0. The molecule has 3 rings (SSSR count). The number of hydrogen-bond acceptors (Lipinski definition) is 1. The van der Waals surface area contributed by atoms with Gasteiger partial charge in [-0.2, -0.15) is 0 Å². The van der Waals surface area contributed by atoms with Crippen molar-refractivity contribution >= 4 is 10.9 Å². The zero-order chi connectivity index (χ0) is 14.2. The largest absolute Gasteiger partial charge is 0.344 e. The molecule has 108 valence electrons. The van der Waals surface area contributed by atoms with Crippen LogP contribution >= 0.6 is 0 Å². The lowest BCUT2D eigenvalue weighted by Crippen LogP contribution is -2.33. The van der Waals surface area contributed by atoms with E-state index in [1.54, 1.807) is 11.3 Å². The highest BCUT2D eigenvalue weighted by atomic mass is 15.0. The average molecular weight is 270 g/mol. The van der Waals surface area contributed by atoms with Crippen molar-refractivity contribution in [2.45, 2.75) is 51.5 Å². The molecule has 0 aliphatic heterocycles. The lowest BCUT2D eigenvalue weighted by atomic mass is 9.72. The minimum absolute atomic E-state index is 0.325. The second kappa shape index (κ2) is 5.25. The number of aromatic nitrogens is 1. The summed E-state index contributed by atoms with van der Waals surface area (Å²) in [6.45, 7) is 6.92. The Balaban J connectivity index is 2.21. The van der Waals surface area contributed by atoms with Crippen LogP contribution in [0.25, 0.3) is 10.9 Å². The third-order valence-electron chi connectivity index (χ3n) is 5.05. The summed E-state index contributed by atoms with van der Waals surface area (Å²) in [5.74, 6) is 0. The van der Waals surface area contributed by atoms with Crippen molar-refractivity contribution in [3.63, 3.8) is 0 Å². The van der Waals surface area contributed by atoms with Crippen molar-refractivity contribution in [1.82, 2.24) is 9.88 Å². The van der Waals surface area contributed by atoms with Crippen LogP contribution in [0.3, 0.4) is 0 Å². The van der Waals surface area contributed by atoms with E-state index in [0.717, 1.165) is 13.1 Å². The smallest absolute Gasteiger partial charge is 0.0485 e. The molecule has 0 saturated heterocycles. The Morgan fingerprint density at radius 1 is 1.30 bits per heavy atom. The van der Waals surface area contributed by atoms with Crippen molar-refractivity contribution < 1.29 is 0 Å². The number of para-hydroxylation sites is 1. The molecular formula is C18H26N2. The van der Waals surface area contributed by atoms with E-state index in [1.807, 2.05) is 0 Å². The number of benzene rings is 1. The topological polar surface area (TPSA) is 17.0 Å². The molecule has 1 aliphatic rings. The Morgan fingerprint density at radius 3 is 2.85 bits per heavy atom. The van der Waals surface area contributed by atoms with Crippen molar-refractivity contribution in [3.8, 4) is 0 Å². The standard InChI is InChI=1S/C18H26N2/c1-4-20-16-10-6-5-8-14(16)15-9-7-11-18(2,17(15)20)12-13-19-3/h5-6,8,10,19H,4,7,9,11-13H2,1-3H3. The first-order valence-electron chi connectivity index (χ1n) is 7.96. The van der Waals surface area contributed by atoms with E-state index in [-0.39, 0.29) is 0 Å². The highest BCUT2D eigenvalue weighted by molar-refractivity contribution is 5.86. The number of aryl methyl sites for hydroxylation is 2. The fourth-order valence-electron chi connectivity index (χ4n) is 4.06. The molecule has 1 unspecified atom stereocenters. The first kappa shape index (κ1) is 13.7. The van der Waals surface area contributed by atoms with Gasteiger partial charge in [0.15, 0.2) is 0 Å². The Hall–Kier alpha value is -1.28. The molecule has 1 aromatic carbocycles. The van der Waals surface area contributed by atoms with E-state index in [1.165, 1.54) is 36.6 Å². The summed E-state index contributed by atoms with van der Waals surface area (Å²) in [4.78, 5) is 0. The van der Waals surface area contributed by atoms with Crippen LogP contribution in [0, 0.1) is 0 Å². The van der Waals surface area contributed by atoms with Gasteiger partial charge < -0.3 is 9.88 Å². The van der Waals surface area contributed by atoms with Crippen molar-refractivity contribution in [2.75, 3.05) is 13.6 Å². The van der Waals surface area contributed by atoms with Crippen molar-refractivity contribution in [1.29, 1.82) is 0 Å². The van der Waals surface area contributed by atoms with Crippen LogP contribution in [-0.4, -0.2) is 18.2 Å². The molecule has 0 amide bonds. The van der Waals surface area contributed by atoms with Gasteiger partial charge in [0.1, 0.15) is 0 Å². The Kier molecular flexibility index (Phi) is 3.59. The molecule has 1 N–H and O–H groups in total. The van der Waals surface area contributed by atoms with Gasteiger partial charge in [0.2, 0.25) is 0 Å². The zero-order valence-corrected chi connectivity index (χ0v) is 13.0. The summed E-state index contributed by atoms with van der Waals surface area (Å²) in [7, 11) is 2.06. The quantitative estimate of drug-likeness (QED) is 0.892. The number of nitrogens with zero attached hydrogens (tertiary/aromatic N) is 1. The normalized spacial score (nSPS) is 22.1. The summed E-state index contributed by atoms with van der Waals surface area (Å²) in [5, 5.41) is 4.82. The van der Waals surface area contributed by atoms with Crippen LogP contribution in [0.1, 0.15) is 44.4 Å². The van der Waals surface area contributed by atoms with Gasteiger partial charge in [0, 0.05) is 28.6 Å². The maximum absolute atomic E-state index is 3.33. The molecule has 1 aromatic heterocycles. The second-order valence-electron chi connectivity index (χ2n) is 6.36. The van der Waals surface area contributed by atoms with E-state index in [9.17, 15) is 0 Å². The van der Waals surface area contributed by atoms with Crippen LogP contribution in [0.4, 0.5) is 0 Å². The first-order valence-corrected chi connectivity index (χ1v) is 7.96. The van der Waals surface area contributed by atoms with Gasteiger partial charge in [-0.05, 0) is 57.8 Å². The van der Waals surface area contributed by atoms with Crippen molar-refractivity contribution in [2.24, 2.45) is 0 Å². The predicted octanol–water partition coefficient (Wildman–Crippen LogP) is 3.86. The second-order valence-corrected chi connectivity index (χ2v) is 6.36. The summed E-state index contributed by atoms with van der Waals surface area (Å²) in [6.07, 6.45) is 5.12. The maximum atomic E-state index is 3.33. The third kappa shape index (κ3) is 1.98. The lowest BCUT2D eigenvalue weighted by Gasteiger charge is -2.36. The van der Waals surface area contributed by atoms with Crippen LogP contribution in [0.2, 0.25) is 0 Å². The fourth-order valence-corrected chi connectivity index (χ4v) is 4.06. The molecule has 0 spiro atoms. The van der Waals surface area contributed by atoms with Crippen LogP contribution in [0.15, 0.2) is 24.3 Å². The van der Waals surface area contributed by atoms with E-state index < -0.39 is 0 Å². The average Bonchev–Trinajstić information content (AvgIpc) is 2.81. The highest BCUT2D eigenvalue weighted by Crippen LogP contribution is 2.44. The van der Waals surface area contributed by atoms with Crippen LogP contribution in [0.5, 0.6) is 0 Å². The lowest BCUT2D eigenvalue weighted by molar-refractivity contribution is 0.342. The SMILES string of the molecule is CCn1c2c(c3ccccc31)CCCC2(C)CCNC. The molecule has 20 heavy (non-hydrogen) atoms. The highest BCUT2D eigenvalue weighted by Gasteiger charge is 2.36. The van der Waals surface area contributed by atoms with Gasteiger partial charge in [-0.1, -0.05) is 25.1 Å². The summed E-state index contributed by atoms with van der Waals surface area (Å²) in [6, 6.07) is 8.95. The number of hydrogen-bond donors (Lipinski definition) is 1. The van der Waals surface area contributed by atoms with Gasteiger partial charge in [-0.3, -0.25) is 0 Å². The van der Waals surface area contributed by atoms with Crippen LogP contribution in [-0.2, 0) is 18.4 Å². The molecule has 2 aromatic rings. The van der Waals surface area contributed by atoms with E-state index in [0.29, 0.717) is 5.41 Å². The maximum Gasteiger partial charge on any atom is 0.0485 e. The molecule has 2 heteroatoms. The van der Waals surface area contributed by atoms with Crippen LogP contribution < -0.4 is 5.32 Å². The van der Waals surface area contributed by atoms with Gasteiger partial charge in [0.25, 0.3) is 0 Å². The molecule has 2 nitrogen and oxygen atoms in total. The van der Waals surface area contributed by atoms with E-state index >= 15 is 0 Å². The summed E-state index contributed by atoms with van der Waals surface area (Å²) < 4.78 is 2.57.